The maximum Gasteiger partial charge on any atom is 0.272 e. The van der Waals surface area contributed by atoms with Crippen LogP contribution in [0.15, 0.2) is 73.2 Å². The van der Waals surface area contributed by atoms with E-state index in [0.717, 1.165) is 5.56 Å². The summed E-state index contributed by atoms with van der Waals surface area (Å²) >= 11 is 0. The molecule has 4 rings (SSSR count). The van der Waals surface area contributed by atoms with E-state index in [9.17, 15) is 34.1 Å². The van der Waals surface area contributed by atoms with Crippen molar-refractivity contribution in [2.45, 2.75) is 76.9 Å². The van der Waals surface area contributed by atoms with E-state index in [-0.39, 0.29) is 37.4 Å². The van der Waals surface area contributed by atoms with E-state index in [2.05, 4.69) is 25.9 Å². The topological polar surface area (TPSA) is 203 Å². The molecule has 3 aromatic rings. The Hall–Kier alpha value is -5.57. The molecule has 2 aromatic carbocycles. The Kier molecular flexibility index (Phi) is 13.2. The predicted octanol–water partition coefficient (Wildman–Crippen LogP) is 2.15. The molecule has 0 aliphatic carbocycles. The number of likely N-dealkylation sites (tertiary alicyclic amines) is 1. The summed E-state index contributed by atoms with van der Waals surface area (Å²) in [5.41, 5.74) is 1.24. The molecular formula is C35H41N7O8. The van der Waals surface area contributed by atoms with Crippen LogP contribution in [-0.4, -0.2) is 86.5 Å². The number of amides is 4. The number of hydrogen-bond donors (Lipinski definition) is 3. The van der Waals surface area contributed by atoms with Gasteiger partial charge in [-0.25, -0.2) is 4.98 Å². The second-order valence-electron chi connectivity index (χ2n) is 12.3. The van der Waals surface area contributed by atoms with Gasteiger partial charge in [-0.1, -0.05) is 63.2 Å². The highest BCUT2D eigenvalue weighted by atomic mass is 16.6. The molecule has 2 heterocycles. The van der Waals surface area contributed by atoms with Crippen molar-refractivity contribution in [3.8, 4) is 0 Å². The molecule has 0 spiro atoms. The van der Waals surface area contributed by atoms with E-state index in [1.807, 2.05) is 30.3 Å². The zero-order valence-corrected chi connectivity index (χ0v) is 28.1. The van der Waals surface area contributed by atoms with Crippen LogP contribution in [0.5, 0.6) is 0 Å². The fourth-order valence-electron chi connectivity index (χ4n) is 5.50. The quantitative estimate of drug-likeness (QED) is 0.114. The lowest BCUT2D eigenvalue weighted by atomic mass is 9.99. The smallest absolute Gasteiger partial charge is 0.272 e. The largest absolute Gasteiger partial charge is 0.372 e. The van der Waals surface area contributed by atoms with E-state index < -0.39 is 64.7 Å². The first-order valence-electron chi connectivity index (χ1n) is 16.3. The lowest BCUT2D eigenvalue weighted by Gasteiger charge is -2.31. The number of benzene rings is 2. The molecule has 0 unspecified atom stereocenters. The second-order valence-corrected chi connectivity index (χ2v) is 12.3. The van der Waals surface area contributed by atoms with Crippen molar-refractivity contribution < 1.29 is 33.6 Å². The van der Waals surface area contributed by atoms with Crippen molar-refractivity contribution in [2.75, 3.05) is 6.54 Å². The van der Waals surface area contributed by atoms with Gasteiger partial charge in [0.2, 0.25) is 17.7 Å². The highest BCUT2D eigenvalue weighted by Gasteiger charge is 2.44. The summed E-state index contributed by atoms with van der Waals surface area (Å²) in [4.78, 5) is 86.0. The zero-order valence-electron chi connectivity index (χ0n) is 28.1. The molecule has 5 atom stereocenters. The van der Waals surface area contributed by atoms with Gasteiger partial charge in [0.15, 0.2) is 0 Å². The summed E-state index contributed by atoms with van der Waals surface area (Å²) in [6, 6.07) is 10.9. The van der Waals surface area contributed by atoms with Crippen LogP contribution in [0.1, 0.15) is 55.2 Å². The summed E-state index contributed by atoms with van der Waals surface area (Å²) in [7, 11) is 0. The van der Waals surface area contributed by atoms with E-state index in [1.165, 1.54) is 47.8 Å². The van der Waals surface area contributed by atoms with Crippen LogP contribution in [0, 0.1) is 16.0 Å². The number of carbonyl (C=O) groups is 5. The van der Waals surface area contributed by atoms with Crippen molar-refractivity contribution in [3.63, 3.8) is 0 Å². The monoisotopic (exact) mass is 687 g/mol. The van der Waals surface area contributed by atoms with E-state index in [1.54, 1.807) is 20.8 Å². The number of nitro benzene ring substituents is 1. The molecule has 15 heteroatoms. The summed E-state index contributed by atoms with van der Waals surface area (Å²) in [6.07, 6.45) is 4.56. The number of non-ortho nitro benzene ring substituents is 1. The molecule has 4 amide bonds. The fourth-order valence-corrected chi connectivity index (χ4v) is 5.50. The predicted molar refractivity (Wildman–Crippen MR) is 180 cm³/mol. The maximum absolute atomic E-state index is 14.2. The number of aldehydes is 1. The average Bonchev–Trinajstić information content (AvgIpc) is 3.56. The molecule has 1 aliphatic rings. The fraction of sp³-hybridized carbons (Fsp3) is 0.400. The Morgan fingerprint density at radius 2 is 1.74 bits per heavy atom. The lowest BCUT2D eigenvalue weighted by molar-refractivity contribution is -0.384. The zero-order chi connectivity index (χ0) is 36.2. The van der Waals surface area contributed by atoms with Crippen LogP contribution in [0.2, 0.25) is 0 Å². The molecule has 0 bridgehead atoms. The van der Waals surface area contributed by atoms with Crippen molar-refractivity contribution in [1.29, 1.82) is 0 Å². The standard InChI is InChI=1S/C35H41N7O8/c1-4-25(20-43)38-34(46)30-17-27(50-21-24-8-6-5-7-9-24)19-41(30)35(47)31(22(2)3)40-32(44)28(39-33(45)29-18-36-14-15-37-29)16-23-10-12-26(13-11-23)42(48)49/h5-15,18,20,22,25,27-28,30-31H,4,16-17,19,21H2,1-3H3,(H,38,46)(H,39,45)(H,40,44)/t25-,27+,28-,30-,31-/m0/s1. The summed E-state index contributed by atoms with van der Waals surface area (Å²) in [5, 5.41) is 19.3. The van der Waals surface area contributed by atoms with Crippen LogP contribution in [-0.2, 0) is 36.9 Å². The molecule has 15 nitrogen and oxygen atoms in total. The third-order valence-corrected chi connectivity index (χ3v) is 8.34. The first-order chi connectivity index (χ1) is 24.0. The molecule has 264 valence electrons. The molecule has 0 saturated carbocycles. The SMILES string of the molecule is CC[C@@H](C=O)NC(=O)[C@@H]1C[C@@H](OCc2ccccc2)CN1C(=O)[C@@H](NC(=O)[C@H](Cc1ccc([N+](=O)[O-])cc1)NC(=O)c1cnccn1)C(C)C. The normalized spacial score (nSPS) is 17.3. The van der Waals surface area contributed by atoms with Crippen LogP contribution < -0.4 is 16.0 Å². The highest BCUT2D eigenvalue weighted by Crippen LogP contribution is 2.25. The molecule has 1 aliphatic heterocycles. The van der Waals surface area contributed by atoms with Gasteiger partial charge in [0, 0.05) is 43.9 Å². The van der Waals surface area contributed by atoms with Crippen molar-refractivity contribution in [3.05, 3.63) is 100 Å². The number of nitrogens with zero attached hydrogens (tertiary/aromatic N) is 4. The maximum atomic E-state index is 14.2. The number of rotatable bonds is 16. The number of aromatic nitrogens is 2. The minimum Gasteiger partial charge on any atom is -0.372 e. The molecular weight excluding hydrogens is 646 g/mol. The summed E-state index contributed by atoms with van der Waals surface area (Å²) in [5.74, 6) is -2.88. The van der Waals surface area contributed by atoms with Gasteiger partial charge in [-0.3, -0.25) is 34.3 Å². The Morgan fingerprint density at radius 1 is 1.02 bits per heavy atom. The van der Waals surface area contributed by atoms with Crippen molar-refractivity contribution >= 4 is 35.6 Å². The third kappa shape index (κ3) is 9.98. The summed E-state index contributed by atoms with van der Waals surface area (Å²) in [6.45, 7) is 5.55. The van der Waals surface area contributed by atoms with E-state index in [0.29, 0.717) is 18.3 Å². The Morgan fingerprint density at radius 3 is 2.34 bits per heavy atom. The second kappa shape index (κ2) is 17.7. The van der Waals surface area contributed by atoms with Crippen molar-refractivity contribution in [1.82, 2.24) is 30.8 Å². The lowest BCUT2D eigenvalue weighted by Crippen LogP contribution is -2.59. The third-order valence-electron chi connectivity index (χ3n) is 8.34. The molecule has 1 aromatic heterocycles. The van der Waals surface area contributed by atoms with Crippen LogP contribution >= 0.6 is 0 Å². The summed E-state index contributed by atoms with van der Waals surface area (Å²) < 4.78 is 6.11. The van der Waals surface area contributed by atoms with E-state index in [4.69, 9.17) is 4.74 Å². The molecule has 0 radical (unpaired) electrons. The minimum atomic E-state index is -1.22. The first-order valence-corrected chi connectivity index (χ1v) is 16.3. The molecule has 3 N–H and O–H groups in total. The van der Waals surface area contributed by atoms with Gasteiger partial charge in [0.05, 0.1) is 29.9 Å². The highest BCUT2D eigenvalue weighted by molar-refractivity contribution is 5.98. The van der Waals surface area contributed by atoms with Crippen LogP contribution in [0.3, 0.4) is 0 Å². The number of nitrogens with one attached hydrogen (secondary N) is 3. The van der Waals surface area contributed by atoms with Crippen LogP contribution in [0.25, 0.3) is 0 Å². The van der Waals surface area contributed by atoms with Gasteiger partial charge in [0.1, 0.15) is 30.1 Å². The van der Waals surface area contributed by atoms with Gasteiger partial charge < -0.3 is 30.4 Å². The van der Waals surface area contributed by atoms with Gasteiger partial charge in [0.25, 0.3) is 11.6 Å². The Labute approximate surface area is 289 Å². The number of nitro groups is 1. The molecule has 1 fully saturated rings. The number of carbonyl (C=O) groups excluding carboxylic acids is 5. The number of ether oxygens (including phenoxy) is 1. The molecule has 50 heavy (non-hydrogen) atoms. The minimum absolute atomic E-state index is 0.0429. The Bertz CT molecular complexity index is 1640. The van der Waals surface area contributed by atoms with E-state index >= 15 is 0 Å². The van der Waals surface area contributed by atoms with Gasteiger partial charge in [-0.05, 0) is 23.5 Å². The van der Waals surface area contributed by atoms with Gasteiger partial charge in [-0.15, -0.1) is 0 Å². The molecule has 1 saturated heterocycles. The van der Waals surface area contributed by atoms with Gasteiger partial charge >= 0.3 is 0 Å². The van der Waals surface area contributed by atoms with Crippen LogP contribution in [0.4, 0.5) is 5.69 Å². The van der Waals surface area contributed by atoms with Crippen molar-refractivity contribution in [2.24, 2.45) is 5.92 Å². The Balaban J connectivity index is 1.56. The van der Waals surface area contributed by atoms with Gasteiger partial charge in [-0.2, -0.15) is 0 Å². The first kappa shape index (κ1) is 37.3. The number of hydrogen-bond acceptors (Lipinski definition) is 10. The average molecular weight is 688 g/mol.